The van der Waals surface area contributed by atoms with Crippen LogP contribution in [0.25, 0.3) is 0 Å². The molecule has 0 aromatic heterocycles. The summed E-state index contributed by atoms with van der Waals surface area (Å²) in [5.41, 5.74) is 8.25. The molecule has 0 bridgehead atoms. The number of non-ortho nitro benzene ring substituents is 1. The number of nitro benzene ring substituents is 1. The molecule has 2 aromatic carbocycles. The first kappa shape index (κ1) is 13.2. The third kappa shape index (κ3) is 2.60. The van der Waals surface area contributed by atoms with Gasteiger partial charge in [0.1, 0.15) is 12.4 Å². The van der Waals surface area contributed by atoms with Gasteiger partial charge >= 0.3 is 0 Å². The number of nitrogens with zero attached hydrogens (tertiary/aromatic N) is 2. The Morgan fingerprint density at radius 3 is 2.81 bits per heavy atom. The van der Waals surface area contributed by atoms with Crippen LogP contribution < -0.4 is 15.4 Å². The van der Waals surface area contributed by atoms with Gasteiger partial charge in [-0.1, -0.05) is 18.2 Å². The summed E-state index contributed by atoms with van der Waals surface area (Å²) in [7, 11) is 0. The van der Waals surface area contributed by atoms with E-state index in [1.54, 1.807) is 6.07 Å². The summed E-state index contributed by atoms with van der Waals surface area (Å²) in [4.78, 5) is 12.4. The molecule has 0 atom stereocenters. The molecule has 0 saturated heterocycles. The van der Waals surface area contributed by atoms with Gasteiger partial charge in [-0.15, -0.1) is 0 Å². The van der Waals surface area contributed by atoms with E-state index >= 15 is 0 Å². The monoisotopic (exact) mass is 285 g/mol. The standard InChI is InChI=1S/C15H15N3O3/c16-13-9-12(18(19)20)5-6-14(13)17-7-8-21-15-4-2-1-3-11(15)10-17/h1-6,9H,7-8,10,16H2. The van der Waals surface area contributed by atoms with Crippen LogP contribution in [-0.4, -0.2) is 18.1 Å². The third-order valence-electron chi connectivity index (χ3n) is 3.52. The van der Waals surface area contributed by atoms with E-state index in [1.807, 2.05) is 24.3 Å². The molecule has 0 fully saturated rings. The zero-order valence-corrected chi connectivity index (χ0v) is 11.4. The summed E-state index contributed by atoms with van der Waals surface area (Å²) in [6.45, 7) is 1.89. The zero-order valence-electron chi connectivity index (χ0n) is 11.4. The first-order valence-corrected chi connectivity index (χ1v) is 6.65. The lowest BCUT2D eigenvalue weighted by atomic mass is 10.1. The van der Waals surface area contributed by atoms with E-state index in [2.05, 4.69) is 4.90 Å². The normalized spacial score (nSPS) is 14.0. The minimum absolute atomic E-state index is 0.00252. The molecule has 0 radical (unpaired) electrons. The van der Waals surface area contributed by atoms with Gasteiger partial charge in [0.05, 0.1) is 22.8 Å². The number of nitrogens with two attached hydrogens (primary N) is 1. The van der Waals surface area contributed by atoms with Crippen LogP contribution in [0.1, 0.15) is 5.56 Å². The lowest BCUT2D eigenvalue weighted by Crippen LogP contribution is -2.26. The number of nitro groups is 1. The van der Waals surface area contributed by atoms with Gasteiger partial charge in [-0.3, -0.25) is 10.1 Å². The molecule has 0 saturated carbocycles. The van der Waals surface area contributed by atoms with Gasteiger partial charge in [0.15, 0.2) is 0 Å². The number of para-hydroxylation sites is 1. The van der Waals surface area contributed by atoms with Gasteiger partial charge in [0.25, 0.3) is 5.69 Å². The van der Waals surface area contributed by atoms with Gasteiger partial charge in [-0.05, 0) is 12.1 Å². The lowest BCUT2D eigenvalue weighted by molar-refractivity contribution is -0.384. The van der Waals surface area contributed by atoms with Crippen LogP contribution in [0.2, 0.25) is 0 Å². The van der Waals surface area contributed by atoms with Gasteiger partial charge in [-0.2, -0.15) is 0 Å². The maximum absolute atomic E-state index is 10.8. The summed E-state index contributed by atoms with van der Waals surface area (Å²) < 4.78 is 5.71. The minimum Gasteiger partial charge on any atom is -0.491 e. The highest BCUT2D eigenvalue weighted by atomic mass is 16.6. The summed E-state index contributed by atoms with van der Waals surface area (Å²) in [6.07, 6.45) is 0. The molecule has 1 aliphatic heterocycles. The number of nitrogen functional groups attached to an aromatic ring is 1. The molecule has 0 spiro atoms. The lowest BCUT2D eigenvalue weighted by Gasteiger charge is -2.23. The predicted molar refractivity (Wildman–Crippen MR) is 80.5 cm³/mol. The van der Waals surface area contributed by atoms with Gasteiger partial charge in [-0.25, -0.2) is 0 Å². The Morgan fingerprint density at radius 2 is 2.05 bits per heavy atom. The Labute approximate surface area is 121 Å². The van der Waals surface area contributed by atoms with Crippen LogP contribution in [0.4, 0.5) is 17.1 Å². The van der Waals surface area contributed by atoms with E-state index in [-0.39, 0.29) is 5.69 Å². The largest absolute Gasteiger partial charge is 0.491 e. The van der Waals surface area contributed by atoms with Crippen LogP contribution in [-0.2, 0) is 6.54 Å². The molecule has 6 heteroatoms. The zero-order chi connectivity index (χ0) is 14.8. The van der Waals surface area contributed by atoms with Crippen molar-refractivity contribution in [3.8, 4) is 5.75 Å². The molecule has 1 aliphatic rings. The first-order valence-electron chi connectivity index (χ1n) is 6.65. The summed E-state index contributed by atoms with van der Waals surface area (Å²) in [6, 6.07) is 12.4. The molecule has 0 unspecified atom stereocenters. The van der Waals surface area contributed by atoms with E-state index in [0.29, 0.717) is 25.4 Å². The number of hydrogen-bond donors (Lipinski definition) is 1. The average Bonchev–Trinajstić information content (AvgIpc) is 2.69. The Kier molecular flexibility index (Phi) is 3.35. The molecule has 2 aromatic rings. The molecule has 0 aliphatic carbocycles. The predicted octanol–water partition coefficient (Wildman–Crippen LogP) is 2.58. The fourth-order valence-corrected chi connectivity index (χ4v) is 2.47. The summed E-state index contributed by atoms with van der Waals surface area (Å²) >= 11 is 0. The number of anilines is 2. The van der Waals surface area contributed by atoms with Crippen molar-refractivity contribution in [2.45, 2.75) is 6.54 Å². The molecule has 2 N–H and O–H groups in total. The average molecular weight is 285 g/mol. The summed E-state index contributed by atoms with van der Waals surface area (Å²) in [5.74, 6) is 0.875. The molecular weight excluding hydrogens is 270 g/mol. The van der Waals surface area contributed by atoms with Gasteiger partial charge in [0.2, 0.25) is 0 Å². The van der Waals surface area contributed by atoms with Crippen LogP contribution in [0.5, 0.6) is 5.75 Å². The van der Waals surface area contributed by atoms with E-state index in [4.69, 9.17) is 10.5 Å². The van der Waals surface area contributed by atoms with Crippen molar-refractivity contribution < 1.29 is 9.66 Å². The van der Waals surface area contributed by atoms with Crippen LogP contribution in [0.15, 0.2) is 42.5 Å². The minimum atomic E-state index is -0.443. The van der Waals surface area contributed by atoms with Crippen molar-refractivity contribution in [3.05, 3.63) is 58.1 Å². The Hall–Kier alpha value is -2.76. The van der Waals surface area contributed by atoms with E-state index in [9.17, 15) is 10.1 Å². The van der Waals surface area contributed by atoms with Crippen molar-refractivity contribution in [1.29, 1.82) is 0 Å². The highest BCUT2D eigenvalue weighted by Crippen LogP contribution is 2.31. The summed E-state index contributed by atoms with van der Waals surface area (Å²) in [5, 5.41) is 10.8. The van der Waals surface area contributed by atoms with Crippen molar-refractivity contribution in [2.75, 3.05) is 23.8 Å². The number of hydrogen-bond acceptors (Lipinski definition) is 5. The molecule has 21 heavy (non-hydrogen) atoms. The van der Waals surface area contributed by atoms with Crippen molar-refractivity contribution in [1.82, 2.24) is 0 Å². The number of fused-ring (bicyclic) bond motifs is 1. The molecular formula is C15H15N3O3. The van der Waals surface area contributed by atoms with Crippen molar-refractivity contribution in [2.24, 2.45) is 0 Å². The first-order chi connectivity index (χ1) is 10.1. The Balaban J connectivity index is 1.92. The topological polar surface area (TPSA) is 81.6 Å². The molecule has 0 amide bonds. The smallest absolute Gasteiger partial charge is 0.271 e. The number of ether oxygens (including phenoxy) is 1. The molecule has 1 heterocycles. The fourth-order valence-electron chi connectivity index (χ4n) is 2.47. The van der Waals surface area contributed by atoms with E-state index < -0.39 is 4.92 Å². The van der Waals surface area contributed by atoms with Crippen LogP contribution in [0.3, 0.4) is 0 Å². The van der Waals surface area contributed by atoms with E-state index in [0.717, 1.165) is 17.0 Å². The van der Waals surface area contributed by atoms with E-state index in [1.165, 1.54) is 12.1 Å². The van der Waals surface area contributed by atoms with Gasteiger partial charge < -0.3 is 15.4 Å². The van der Waals surface area contributed by atoms with Crippen molar-refractivity contribution >= 4 is 17.1 Å². The highest BCUT2D eigenvalue weighted by molar-refractivity contribution is 5.71. The Morgan fingerprint density at radius 1 is 1.24 bits per heavy atom. The molecule has 6 nitrogen and oxygen atoms in total. The number of benzene rings is 2. The molecule has 3 rings (SSSR count). The van der Waals surface area contributed by atoms with Crippen molar-refractivity contribution in [3.63, 3.8) is 0 Å². The highest BCUT2D eigenvalue weighted by Gasteiger charge is 2.18. The Bertz CT molecular complexity index is 688. The second kappa shape index (κ2) is 5.32. The second-order valence-electron chi connectivity index (χ2n) is 4.88. The quantitative estimate of drug-likeness (QED) is 0.521. The fraction of sp³-hybridized carbons (Fsp3) is 0.200. The SMILES string of the molecule is Nc1cc([N+](=O)[O-])ccc1N1CCOc2ccccc2C1. The maximum Gasteiger partial charge on any atom is 0.271 e. The van der Waals surface area contributed by atoms with Crippen LogP contribution >= 0.6 is 0 Å². The second-order valence-corrected chi connectivity index (χ2v) is 4.88. The van der Waals surface area contributed by atoms with Gasteiger partial charge in [0, 0.05) is 24.2 Å². The maximum atomic E-state index is 10.8. The number of rotatable bonds is 2. The molecule has 108 valence electrons. The third-order valence-corrected chi connectivity index (χ3v) is 3.52. The van der Waals surface area contributed by atoms with Crippen LogP contribution in [0, 0.1) is 10.1 Å².